The molecule has 2 N–H and O–H groups in total. The van der Waals surface area contributed by atoms with Crippen LogP contribution in [0.4, 0.5) is 11.4 Å². The Balaban J connectivity index is 1.64. The molecule has 0 aliphatic rings. The monoisotopic (exact) mass is 536 g/mol. The van der Waals surface area contributed by atoms with E-state index in [0.717, 1.165) is 0 Å². The van der Waals surface area contributed by atoms with Crippen LogP contribution in [0.3, 0.4) is 0 Å². The average molecular weight is 537 g/mol. The fraction of sp³-hybridized carbons (Fsp3) is 0.273. The van der Waals surface area contributed by atoms with E-state index in [1.165, 1.54) is 36.0 Å². The number of non-ortho nitro benzene ring substituents is 1. The van der Waals surface area contributed by atoms with Crippen molar-refractivity contribution in [2.45, 2.75) is 38.5 Å². The van der Waals surface area contributed by atoms with Gasteiger partial charge in [0.15, 0.2) is 11.0 Å². The standard InChI is InChI=1S/C22H22Cl2N6O4S/c1-4-29-20(13(3)25-21(32)16-7-5-14(23)10-17(16)24)27-28-22(29)35-11-19(31)26-18-8-6-15(30(33)34)9-12(18)2/h5-10,13H,4,11H2,1-3H3,(H,25,32)(H,26,31). The quantitative estimate of drug-likeness (QED) is 0.222. The number of thioether (sulfide) groups is 1. The van der Waals surface area contributed by atoms with E-state index in [1.807, 2.05) is 11.5 Å². The molecule has 0 spiro atoms. The summed E-state index contributed by atoms with van der Waals surface area (Å²) in [4.78, 5) is 35.5. The zero-order valence-electron chi connectivity index (χ0n) is 19.0. The number of hydrogen-bond donors (Lipinski definition) is 2. The molecule has 3 aromatic rings. The number of nitro benzene ring substituents is 1. The molecule has 0 saturated heterocycles. The predicted molar refractivity (Wildman–Crippen MR) is 135 cm³/mol. The van der Waals surface area contributed by atoms with Crippen molar-refractivity contribution in [1.29, 1.82) is 0 Å². The Morgan fingerprint density at radius 1 is 1.20 bits per heavy atom. The van der Waals surface area contributed by atoms with Gasteiger partial charge in [-0.05, 0) is 50.6 Å². The van der Waals surface area contributed by atoms with Crippen LogP contribution >= 0.6 is 35.0 Å². The number of amides is 2. The maximum atomic E-state index is 12.6. The maximum Gasteiger partial charge on any atom is 0.269 e. The van der Waals surface area contributed by atoms with Gasteiger partial charge in [-0.25, -0.2) is 0 Å². The summed E-state index contributed by atoms with van der Waals surface area (Å²) in [5.41, 5.74) is 1.33. The highest BCUT2D eigenvalue weighted by Gasteiger charge is 2.21. The number of benzene rings is 2. The summed E-state index contributed by atoms with van der Waals surface area (Å²) >= 11 is 13.2. The lowest BCUT2D eigenvalue weighted by molar-refractivity contribution is -0.384. The van der Waals surface area contributed by atoms with E-state index in [4.69, 9.17) is 23.2 Å². The van der Waals surface area contributed by atoms with E-state index < -0.39 is 11.0 Å². The van der Waals surface area contributed by atoms with Crippen LogP contribution in [-0.2, 0) is 11.3 Å². The van der Waals surface area contributed by atoms with E-state index in [9.17, 15) is 19.7 Å². The minimum Gasteiger partial charge on any atom is -0.342 e. The summed E-state index contributed by atoms with van der Waals surface area (Å²) in [6.45, 7) is 5.89. The molecule has 2 amide bonds. The van der Waals surface area contributed by atoms with E-state index in [-0.39, 0.29) is 28.3 Å². The number of nitro groups is 1. The first-order valence-corrected chi connectivity index (χ1v) is 12.2. The van der Waals surface area contributed by atoms with Crippen LogP contribution in [0.5, 0.6) is 0 Å². The number of nitrogens with zero attached hydrogens (tertiary/aromatic N) is 4. The van der Waals surface area contributed by atoms with Crippen LogP contribution in [0.15, 0.2) is 41.6 Å². The lowest BCUT2D eigenvalue weighted by atomic mass is 10.2. The number of aromatic nitrogens is 3. The molecule has 0 fully saturated rings. The van der Waals surface area contributed by atoms with Crippen LogP contribution < -0.4 is 10.6 Å². The first-order valence-electron chi connectivity index (χ1n) is 10.5. The number of anilines is 1. The zero-order chi connectivity index (χ0) is 25.7. The number of halogens is 2. The Morgan fingerprint density at radius 2 is 1.94 bits per heavy atom. The molecule has 1 aromatic heterocycles. The van der Waals surface area contributed by atoms with E-state index in [1.54, 1.807) is 26.0 Å². The van der Waals surface area contributed by atoms with Gasteiger partial charge in [0, 0.05) is 29.4 Å². The summed E-state index contributed by atoms with van der Waals surface area (Å²) in [5.74, 6) is -0.0924. The van der Waals surface area contributed by atoms with Crippen LogP contribution in [0, 0.1) is 17.0 Å². The number of carbonyl (C=O) groups excluding carboxylic acids is 2. The maximum absolute atomic E-state index is 12.6. The van der Waals surface area contributed by atoms with Crippen molar-refractivity contribution in [1.82, 2.24) is 20.1 Å². The predicted octanol–water partition coefficient (Wildman–Crippen LogP) is 5.04. The SMILES string of the molecule is CCn1c(SCC(=O)Nc2ccc([N+](=O)[O-])cc2C)nnc1C(C)NC(=O)c1ccc(Cl)cc1Cl. The van der Waals surface area contributed by atoms with Gasteiger partial charge in [0.05, 0.1) is 27.3 Å². The minimum atomic E-state index is -0.489. The molecular weight excluding hydrogens is 515 g/mol. The Hall–Kier alpha value is -3.15. The van der Waals surface area contributed by atoms with Gasteiger partial charge in [-0.1, -0.05) is 35.0 Å². The normalized spacial score (nSPS) is 11.7. The van der Waals surface area contributed by atoms with Crippen molar-refractivity contribution >= 4 is 58.2 Å². The van der Waals surface area contributed by atoms with Gasteiger partial charge in [-0.2, -0.15) is 0 Å². The topological polar surface area (TPSA) is 132 Å². The molecule has 1 unspecified atom stereocenters. The smallest absolute Gasteiger partial charge is 0.269 e. The van der Waals surface area contributed by atoms with Crippen molar-refractivity contribution in [2.75, 3.05) is 11.1 Å². The molecule has 35 heavy (non-hydrogen) atoms. The van der Waals surface area contributed by atoms with E-state index in [0.29, 0.717) is 39.4 Å². The highest BCUT2D eigenvalue weighted by Crippen LogP contribution is 2.25. The lowest BCUT2D eigenvalue weighted by Gasteiger charge is -2.15. The molecular formula is C22H22Cl2N6O4S. The van der Waals surface area contributed by atoms with Crippen molar-refractivity contribution in [3.05, 3.63) is 73.5 Å². The Morgan fingerprint density at radius 3 is 2.57 bits per heavy atom. The molecule has 10 nitrogen and oxygen atoms in total. The first-order chi connectivity index (χ1) is 16.6. The van der Waals surface area contributed by atoms with Gasteiger partial charge in [-0.15, -0.1) is 10.2 Å². The molecule has 13 heteroatoms. The molecule has 3 rings (SSSR count). The number of rotatable bonds is 9. The molecule has 2 aromatic carbocycles. The van der Waals surface area contributed by atoms with Gasteiger partial charge in [-0.3, -0.25) is 19.7 Å². The lowest BCUT2D eigenvalue weighted by Crippen LogP contribution is -2.29. The summed E-state index contributed by atoms with van der Waals surface area (Å²) < 4.78 is 1.81. The molecule has 1 heterocycles. The van der Waals surface area contributed by atoms with E-state index >= 15 is 0 Å². The fourth-order valence-electron chi connectivity index (χ4n) is 3.25. The van der Waals surface area contributed by atoms with Crippen molar-refractivity contribution in [3.8, 4) is 0 Å². The summed E-state index contributed by atoms with van der Waals surface area (Å²) in [5, 5.41) is 26.0. The number of hydrogen-bond acceptors (Lipinski definition) is 7. The van der Waals surface area contributed by atoms with Crippen LogP contribution in [-0.4, -0.2) is 37.3 Å². The second kappa shape index (κ2) is 11.5. The molecule has 0 aliphatic carbocycles. The molecule has 0 bridgehead atoms. The van der Waals surface area contributed by atoms with Gasteiger partial charge in [0.25, 0.3) is 11.6 Å². The molecule has 184 valence electrons. The second-order valence-corrected chi connectivity index (χ2v) is 9.28. The molecule has 0 saturated carbocycles. The summed E-state index contributed by atoms with van der Waals surface area (Å²) in [6.07, 6.45) is 0. The van der Waals surface area contributed by atoms with Gasteiger partial charge in [0.2, 0.25) is 5.91 Å². The Labute approximate surface area is 215 Å². The third-order valence-electron chi connectivity index (χ3n) is 5.00. The third-order valence-corrected chi connectivity index (χ3v) is 6.51. The molecule has 1 atom stereocenters. The van der Waals surface area contributed by atoms with Crippen LogP contribution in [0.1, 0.15) is 41.6 Å². The van der Waals surface area contributed by atoms with Crippen LogP contribution in [0.25, 0.3) is 0 Å². The van der Waals surface area contributed by atoms with Gasteiger partial charge < -0.3 is 15.2 Å². The van der Waals surface area contributed by atoms with E-state index in [2.05, 4.69) is 20.8 Å². The number of carbonyl (C=O) groups is 2. The average Bonchev–Trinajstić information content (AvgIpc) is 3.21. The number of nitrogens with one attached hydrogen (secondary N) is 2. The van der Waals surface area contributed by atoms with Gasteiger partial charge in [0.1, 0.15) is 0 Å². The highest BCUT2D eigenvalue weighted by atomic mass is 35.5. The van der Waals surface area contributed by atoms with Crippen molar-refractivity contribution in [3.63, 3.8) is 0 Å². The Bertz CT molecular complexity index is 1280. The minimum absolute atomic E-state index is 0.0435. The first kappa shape index (κ1) is 26.5. The summed E-state index contributed by atoms with van der Waals surface area (Å²) in [6, 6.07) is 8.38. The number of aryl methyl sites for hydroxylation is 1. The molecule has 0 aliphatic heterocycles. The summed E-state index contributed by atoms with van der Waals surface area (Å²) in [7, 11) is 0. The molecule has 0 radical (unpaired) electrons. The van der Waals surface area contributed by atoms with Crippen molar-refractivity contribution < 1.29 is 14.5 Å². The Kier molecular flexibility index (Phi) is 8.71. The third kappa shape index (κ3) is 6.50. The highest BCUT2D eigenvalue weighted by molar-refractivity contribution is 7.99. The van der Waals surface area contributed by atoms with Gasteiger partial charge >= 0.3 is 0 Å². The second-order valence-electron chi connectivity index (χ2n) is 7.50. The zero-order valence-corrected chi connectivity index (χ0v) is 21.4. The van der Waals surface area contributed by atoms with Crippen molar-refractivity contribution in [2.24, 2.45) is 0 Å². The fourth-order valence-corrected chi connectivity index (χ4v) is 4.56. The van der Waals surface area contributed by atoms with Crippen LogP contribution in [0.2, 0.25) is 10.0 Å². The largest absolute Gasteiger partial charge is 0.342 e.